The Kier molecular flexibility index (Phi) is 11.6. The summed E-state index contributed by atoms with van der Waals surface area (Å²) in [7, 11) is 2.56. The molecule has 25 heavy (non-hydrogen) atoms. The molecule has 10 heteroatoms. The van der Waals surface area contributed by atoms with Crippen LogP contribution in [0.2, 0.25) is 0 Å². The number of carbonyl (C=O) groups excluding carboxylic acids is 4. The zero-order valence-electron chi connectivity index (χ0n) is 14.4. The average molecular weight is 359 g/mol. The molecule has 0 saturated carbocycles. The molecule has 0 heterocycles. The second-order valence-corrected chi connectivity index (χ2v) is 4.87. The summed E-state index contributed by atoms with van der Waals surface area (Å²) in [5.41, 5.74) is 5.20. The Hall–Kier alpha value is -2.46. The molecule has 4 N–H and O–H groups in total. The number of esters is 2. The lowest BCUT2D eigenvalue weighted by Gasteiger charge is -2.21. The summed E-state index contributed by atoms with van der Waals surface area (Å²) in [4.78, 5) is 47.0. The smallest absolute Gasteiger partial charge is 0.328 e. The van der Waals surface area contributed by atoms with Gasteiger partial charge in [0.15, 0.2) is 0 Å². The van der Waals surface area contributed by atoms with Crippen molar-refractivity contribution in [2.45, 2.75) is 24.9 Å². The fraction of sp³-hybridized carbons (Fsp3) is 0.600. The predicted octanol–water partition coefficient (Wildman–Crippen LogP) is -1.76. The fourth-order valence-corrected chi connectivity index (χ4v) is 1.73. The van der Waals surface area contributed by atoms with Crippen LogP contribution in [-0.2, 0) is 33.4 Å². The van der Waals surface area contributed by atoms with Crippen LogP contribution in [0.3, 0.4) is 0 Å². The Labute approximate surface area is 146 Å². The van der Waals surface area contributed by atoms with E-state index in [1.165, 1.54) is 20.3 Å². The molecule has 0 aliphatic rings. The maximum Gasteiger partial charge on any atom is 0.328 e. The molecule has 0 aromatic carbocycles. The molecule has 0 spiro atoms. The normalized spacial score (nSPS) is 12.4. The minimum atomic E-state index is -1.10. The fourth-order valence-electron chi connectivity index (χ4n) is 1.73. The number of nitrogens with two attached hydrogens (primary N) is 1. The molecule has 0 aliphatic carbocycles. The minimum Gasteiger partial charge on any atom is -0.469 e. The third-order valence-corrected chi connectivity index (χ3v) is 2.98. The quantitative estimate of drug-likeness (QED) is 0.274. The van der Waals surface area contributed by atoms with Gasteiger partial charge in [-0.1, -0.05) is 12.7 Å². The Bertz CT molecular complexity index is 482. The highest BCUT2D eigenvalue weighted by Gasteiger charge is 2.28. The van der Waals surface area contributed by atoms with Gasteiger partial charge >= 0.3 is 11.9 Å². The van der Waals surface area contributed by atoms with Crippen LogP contribution in [0.4, 0.5) is 0 Å². The van der Waals surface area contributed by atoms with E-state index < -0.39 is 35.8 Å². The molecule has 0 radical (unpaired) electrons. The third-order valence-electron chi connectivity index (χ3n) is 2.98. The topological polar surface area (TPSA) is 146 Å². The van der Waals surface area contributed by atoms with E-state index in [1.807, 2.05) is 0 Å². The summed E-state index contributed by atoms with van der Waals surface area (Å²) in [5, 5.41) is 4.80. The van der Waals surface area contributed by atoms with E-state index in [0.29, 0.717) is 0 Å². The van der Waals surface area contributed by atoms with Gasteiger partial charge < -0.3 is 30.6 Å². The van der Waals surface area contributed by atoms with E-state index >= 15 is 0 Å². The van der Waals surface area contributed by atoms with Crippen molar-refractivity contribution < 1.29 is 33.4 Å². The van der Waals surface area contributed by atoms with Crippen LogP contribution >= 0.6 is 0 Å². The van der Waals surface area contributed by atoms with Crippen LogP contribution in [0.5, 0.6) is 0 Å². The highest BCUT2D eigenvalue weighted by molar-refractivity contribution is 5.91. The number of ether oxygens (including phenoxy) is 3. The van der Waals surface area contributed by atoms with E-state index in [4.69, 9.17) is 15.2 Å². The van der Waals surface area contributed by atoms with Gasteiger partial charge in [0.1, 0.15) is 18.7 Å². The molecule has 2 amide bonds. The lowest BCUT2D eigenvalue weighted by molar-refractivity contribution is -0.148. The summed E-state index contributed by atoms with van der Waals surface area (Å²) in [6, 6.07) is -2.14. The van der Waals surface area contributed by atoms with Gasteiger partial charge in [-0.3, -0.25) is 14.4 Å². The largest absolute Gasteiger partial charge is 0.469 e. The van der Waals surface area contributed by atoms with Gasteiger partial charge in [-0.25, -0.2) is 4.79 Å². The number of methoxy groups -OCH3 is 2. The Morgan fingerprint density at radius 1 is 1.16 bits per heavy atom. The Balaban J connectivity index is 4.98. The van der Waals surface area contributed by atoms with Gasteiger partial charge in [-0.2, -0.15) is 0 Å². The SMILES string of the molecule is C=CCOC(=O)C(CCC(=O)OC)NC(=O)C(COC)NC(=O)CN. The molecule has 0 rings (SSSR count). The highest BCUT2D eigenvalue weighted by atomic mass is 16.5. The molecule has 10 nitrogen and oxygen atoms in total. The highest BCUT2D eigenvalue weighted by Crippen LogP contribution is 2.03. The summed E-state index contributed by atoms with van der Waals surface area (Å²) in [6.45, 7) is 2.95. The van der Waals surface area contributed by atoms with Crippen LogP contribution in [0.1, 0.15) is 12.8 Å². The maximum atomic E-state index is 12.3. The van der Waals surface area contributed by atoms with Crippen molar-refractivity contribution in [1.82, 2.24) is 10.6 Å². The number of nitrogens with one attached hydrogen (secondary N) is 2. The molecule has 0 saturated heterocycles. The van der Waals surface area contributed by atoms with Crippen molar-refractivity contribution in [2.24, 2.45) is 5.73 Å². The Morgan fingerprint density at radius 2 is 1.84 bits per heavy atom. The van der Waals surface area contributed by atoms with Crippen LogP contribution < -0.4 is 16.4 Å². The van der Waals surface area contributed by atoms with E-state index in [9.17, 15) is 19.2 Å². The number of hydrogen-bond acceptors (Lipinski definition) is 8. The predicted molar refractivity (Wildman–Crippen MR) is 87.2 cm³/mol. The first-order valence-electron chi connectivity index (χ1n) is 7.52. The molecular weight excluding hydrogens is 334 g/mol. The van der Waals surface area contributed by atoms with Crippen molar-refractivity contribution in [3.8, 4) is 0 Å². The number of rotatable bonds is 12. The van der Waals surface area contributed by atoms with Gasteiger partial charge in [0, 0.05) is 13.5 Å². The first-order valence-corrected chi connectivity index (χ1v) is 7.52. The summed E-state index contributed by atoms with van der Waals surface area (Å²) in [5.74, 6) is -2.51. The Morgan fingerprint density at radius 3 is 2.36 bits per heavy atom. The third kappa shape index (κ3) is 9.42. The van der Waals surface area contributed by atoms with E-state index in [0.717, 1.165) is 0 Å². The number of amides is 2. The standard InChI is InChI=1S/C15H25N3O7/c1-4-7-25-15(22)10(5-6-13(20)24-3)18-14(21)11(9-23-2)17-12(19)8-16/h4,10-11H,1,5-9,16H2,2-3H3,(H,17,19)(H,18,21). The molecule has 0 aliphatic heterocycles. The van der Waals surface area contributed by atoms with Crippen LogP contribution in [0.25, 0.3) is 0 Å². The zero-order chi connectivity index (χ0) is 19.2. The second kappa shape index (κ2) is 12.9. The second-order valence-electron chi connectivity index (χ2n) is 4.87. The molecule has 0 fully saturated rings. The molecule has 2 atom stereocenters. The first kappa shape index (κ1) is 22.5. The van der Waals surface area contributed by atoms with Gasteiger partial charge in [0.05, 0.1) is 20.3 Å². The molecular formula is C15H25N3O7. The summed E-state index contributed by atoms with van der Waals surface area (Å²) < 4.78 is 14.3. The van der Waals surface area contributed by atoms with Crippen molar-refractivity contribution in [2.75, 3.05) is 34.0 Å². The lowest BCUT2D eigenvalue weighted by Crippen LogP contribution is -2.54. The number of hydrogen-bond donors (Lipinski definition) is 3. The monoisotopic (exact) mass is 359 g/mol. The van der Waals surface area contributed by atoms with Gasteiger partial charge in [-0.15, -0.1) is 0 Å². The molecule has 0 bridgehead atoms. The molecule has 0 aromatic rings. The van der Waals surface area contributed by atoms with E-state index in [2.05, 4.69) is 21.9 Å². The summed E-state index contributed by atoms with van der Waals surface area (Å²) in [6.07, 6.45) is 1.24. The first-order chi connectivity index (χ1) is 11.9. The zero-order valence-corrected chi connectivity index (χ0v) is 14.4. The van der Waals surface area contributed by atoms with Crippen LogP contribution in [0.15, 0.2) is 12.7 Å². The maximum absolute atomic E-state index is 12.3. The lowest BCUT2D eigenvalue weighted by atomic mass is 10.1. The molecule has 142 valence electrons. The van der Waals surface area contributed by atoms with Crippen molar-refractivity contribution in [3.05, 3.63) is 12.7 Å². The van der Waals surface area contributed by atoms with E-state index in [-0.39, 0.29) is 32.6 Å². The molecule has 0 aromatic heterocycles. The average Bonchev–Trinajstić information content (AvgIpc) is 2.61. The summed E-state index contributed by atoms with van der Waals surface area (Å²) >= 11 is 0. The van der Waals surface area contributed by atoms with Crippen LogP contribution in [-0.4, -0.2) is 69.8 Å². The number of carbonyl (C=O) groups is 4. The minimum absolute atomic E-state index is 0.0288. The van der Waals surface area contributed by atoms with Crippen molar-refractivity contribution in [3.63, 3.8) is 0 Å². The molecule has 2 unspecified atom stereocenters. The van der Waals surface area contributed by atoms with E-state index in [1.54, 1.807) is 0 Å². The van der Waals surface area contributed by atoms with Crippen molar-refractivity contribution >= 4 is 23.8 Å². The van der Waals surface area contributed by atoms with Crippen LogP contribution in [0, 0.1) is 0 Å². The van der Waals surface area contributed by atoms with Gasteiger partial charge in [-0.05, 0) is 6.42 Å². The van der Waals surface area contributed by atoms with Gasteiger partial charge in [0.25, 0.3) is 0 Å². The van der Waals surface area contributed by atoms with Gasteiger partial charge in [0.2, 0.25) is 11.8 Å². The van der Waals surface area contributed by atoms with Crippen molar-refractivity contribution in [1.29, 1.82) is 0 Å².